The van der Waals surface area contributed by atoms with Gasteiger partial charge >= 0.3 is 0 Å². The highest BCUT2D eigenvalue weighted by Gasteiger charge is 2.20. The Kier molecular flexibility index (Phi) is 6.05. The van der Waals surface area contributed by atoms with Crippen LogP contribution in [0.3, 0.4) is 0 Å². The van der Waals surface area contributed by atoms with Gasteiger partial charge in [-0.1, -0.05) is 30.0 Å². The molecule has 3 rings (SSSR count). The van der Waals surface area contributed by atoms with Crippen molar-refractivity contribution in [1.29, 1.82) is 0 Å². The van der Waals surface area contributed by atoms with Crippen molar-refractivity contribution >= 4 is 29.0 Å². The van der Waals surface area contributed by atoms with Crippen molar-refractivity contribution in [3.8, 4) is 10.7 Å². The Bertz CT molecular complexity index is 862. The maximum atomic E-state index is 12.9. The number of nitrogens with one attached hydrogen (secondary N) is 1. The van der Waals surface area contributed by atoms with E-state index in [2.05, 4.69) is 15.5 Å². The molecule has 0 unspecified atom stereocenters. The second-order valence-electron chi connectivity index (χ2n) is 5.63. The lowest BCUT2D eigenvalue weighted by atomic mass is 10.2. The van der Waals surface area contributed by atoms with E-state index in [0.717, 1.165) is 28.0 Å². The quantitative estimate of drug-likeness (QED) is 0.620. The predicted octanol–water partition coefficient (Wildman–Crippen LogP) is 3.96. The van der Waals surface area contributed by atoms with Crippen molar-refractivity contribution in [3.05, 3.63) is 53.2 Å². The number of rotatable bonds is 7. The summed E-state index contributed by atoms with van der Waals surface area (Å²) in [5.41, 5.74) is 0.855. The normalized spacial score (nSPS) is 12.1. The SMILES string of the molecule is CCn1c(S[C@H](C)C(=O)NCc2ccc(F)cc2)nnc1-c1cccs1. The molecule has 0 saturated heterocycles. The van der Waals surface area contributed by atoms with Crippen molar-refractivity contribution in [3.63, 3.8) is 0 Å². The zero-order chi connectivity index (χ0) is 18.5. The van der Waals surface area contributed by atoms with Crippen molar-refractivity contribution in [1.82, 2.24) is 20.1 Å². The number of benzene rings is 1. The van der Waals surface area contributed by atoms with Gasteiger partial charge in [-0.25, -0.2) is 4.39 Å². The first-order valence-corrected chi connectivity index (χ1v) is 10.00. The summed E-state index contributed by atoms with van der Waals surface area (Å²) in [6.45, 7) is 4.96. The van der Waals surface area contributed by atoms with E-state index in [1.54, 1.807) is 23.5 Å². The molecule has 0 saturated carbocycles. The summed E-state index contributed by atoms with van der Waals surface area (Å²) in [5, 5.41) is 13.8. The molecular weight excluding hydrogens is 371 g/mol. The Morgan fingerprint density at radius 1 is 1.31 bits per heavy atom. The van der Waals surface area contributed by atoms with Gasteiger partial charge in [0.1, 0.15) is 5.82 Å². The molecule has 1 atom stereocenters. The van der Waals surface area contributed by atoms with Crippen LogP contribution in [-0.4, -0.2) is 25.9 Å². The topological polar surface area (TPSA) is 59.8 Å². The fourth-order valence-electron chi connectivity index (χ4n) is 2.40. The molecule has 8 heteroatoms. The third-order valence-electron chi connectivity index (χ3n) is 3.81. The van der Waals surface area contributed by atoms with E-state index in [4.69, 9.17) is 0 Å². The highest BCUT2D eigenvalue weighted by molar-refractivity contribution is 8.00. The van der Waals surface area contributed by atoms with E-state index in [-0.39, 0.29) is 17.0 Å². The smallest absolute Gasteiger partial charge is 0.233 e. The average molecular weight is 391 g/mol. The molecule has 0 radical (unpaired) electrons. The van der Waals surface area contributed by atoms with Gasteiger partial charge in [-0.2, -0.15) is 0 Å². The van der Waals surface area contributed by atoms with E-state index in [1.807, 2.05) is 35.9 Å². The Morgan fingerprint density at radius 2 is 2.08 bits per heavy atom. The molecule has 1 amide bonds. The Hall–Kier alpha value is -2.19. The van der Waals surface area contributed by atoms with Crippen LogP contribution in [0, 0.1) is 5.82 Å². The predicted molar refractivity (Wildman–Crippen MR) is 103 cm³/mol. The summed E-state index contributed by atoms with van der Waals surface area (Å²) in [6.07, 6.45) is 0. The van der Waals surface area contributed by atoms with E-state index in [1.165, 1.54) is 23.9 Å². The minimum absolute atomic E-state index is 0.0948. The maximum absolute atomic E-state index is 12.9. The number of thiophene rings is 1. The zero-order valence-electron chi connectivity index (χ0n) is 14.5. The number of nitrogens with zero attached hydrogens (tertiary/aromatic N) is 3. The van der Waals surface area contributed by atoms with Gasteiger partial charge in [0.05, 0.1) is 10.1 Å². The number of hydrogen-bond acceptors (Lipinski definition) is 5. The van der Waals surface area contributed by atoms with Crippen LogP contribution in [0.2, 0.25) is 0 Å². The van der Waals surface area contributed by atoms with Gasteiger partial charge < -0.3 is 9.88 Å². The lowest BCUT2D eigenvalue weighted by molar-refractivity contribution is -0.120. The van der Waals surface area contributed by atoms with Crippen LogP contribution in [0.1, 0.15) is 19.4 Å². The van der Waals surface area contributed by atoms with Crippen LogP contribution in [0.4, 0.5) is 4.39 Å². The van der Waals surface area contributed by atoms with Gasteiger partial charge in [0.15, 0.2) is 11.0 Å². The molecule has 0 fully saturated rings. The molecule has 136 valence electrons. The van der Waals surface area contributed by atoms with Gasteiger partial charge in [0.2, 0.25) is 5.91 Å². The number of thioether (sulfide) groups is 1. The fraction of sp³-hybridized carbons (Fsp3) is 0.278. The first kappa shape index (κ1) is 18.6. The summed E-state index contributed by atoms with van der Waals surface area (Å²) >= 11 is 2.99. The lowest BCUT2D eigenvalue weighted by Crippen LogP contribution is -2.30. The molecule has 26 heavy (non-hydrogen) atoms. The molecule has 0 aliphatic heterocycles. The third-order valence-corrected chi connectivity index (χ3v) is 5.75. The number of amides is 1. The summed E-state index contributed by atoms with van der Waals surface area (Å²) in [5.74, 6) is 0.441. The molecule has 1 N–H and O–H groups in total. The third kappa shape index (κ3) is 4.31. The zero-order valence-corrected chi connectivity index (χ0v) is 16.1. The van der Waals surface area contributed by atoms with Gasteiger partial charge in [-0.3, -0.25) is 4.79 Å². The Balaban J connectivity index is 1.63. The molecule has 2 aromatic heterocycles. The minimum Gasteiger partial charge on any atom is -0.351 e. The Labute approximate surface area is 159 Å². The molecule has 0 aliphatic carbocycles. The molecule has 5 nitrogen and oxygen atoms in total. The van der Waals surface area contributed by atoms with E-state index >= 15 is 0 Å². The lowest BCUT2D eigenvalue weighted by Gasteiger charge is -2.12. The first-order chi connectivity index (χ1) is 12.6. The first-order valence-electron chi connectivity index (χ1n) is 8.24. The van der Waals surface area contributed by atoms with Gasteiger partial charge in [0.25, 0.3) is 0 Å². The summed E-state index contributed by atoms with van der Waals surface area (Å²) in [4.78, 5) is 13.4. The van der Waals surface area contributed by atoms with E-state index < -0.39 is 0 Å². The number of halogens is 1. The fourth-order valence-corrected chi connectivity index (χ4v) is 4.05. The van der Waals surface area contributed by atoms with Crippen molar-refractivity contribution < 1.29 is 9.18 Å². The number of hydrogen-bond donors (Lipinski definition) is 1. The molecule has 0 aliphatic rings. The standard InChI is InChI=1S/C18H19FN4OS2/c1-3-23-16(15-5-4-10-25-15)21-22-18(23)26-12(2)17(24)20-11-13-6-8-14(19)9-7-13/h4-10,12H,3,11H2,1-2H3,(H,20,24)/t12-/m1/s1. The molecular formula is C18H19FN4OS2. The van der Waals surface area contributed by atoms with Crippen LogP contribution in [0.15, 0.2) is 46.9 Å². The molecule has 1 aromatic carbocycles. The number of carbonyl (C=O) groups excluding carboxylic acids is 1. The highest BCUT2D eigenvalue weighted by Crippen LogP contribution is 2.29. The second kappa shape index (κ2) is 8.46. The summed E-state index contributed by atoms with van der Waals surface area (Å²) in [6, 6.07) is 10.1. The van der Waals surface area contributed by atoms with E-state index in [0.29, 0.717) is 6.54 Å². The molecule has 0 bridgehead atoms. The van der Waals surface area contributed by atoms with Crippen molar-refractivity contribution in [2.75, 3.05) is 0 Å². The molecule has 3 aromatic rings. The van der Waals surface area contributed by atoms with Gasteiger partial charge in [-0.05, 0) is 43.0 Å². The van der Waals surface area contributed by atoms with Crippen molar-refractivity contribution in [2.45, 2.75) is 37.3 Å². The van der Waals surface area contributed by atoms with Gasteiger partial charge in [0, 0.05) is 13.1 Å². The summed E-state index contributed by atoms with van der Waals surface area (Å²) in [7, 11) is 0. The Morgan fingerprint density at radius 3 is 2.73 bits per heavy atom. The number of carbonyl (C=O) groups is 1. The minimum atomic E-state index is -0.318. The van der Waals surface area contributed by atoms with Crippen LogP contribution in [-0.2, 0) is 17.9 Å². The monoisotopic (exact) mass is 390 g/mol. The average Bonchev–Trinajstić information content (AvgIpc) is 3.30. The van der Waals surface area contributed by atoms with Crippen molar-refractivity contribution in [2.24, 2.45) is 0 Å². The van der Waals surface area contributed by atoms with Gasteiger partial charge in [-0.15, -0.1) is 21.5 Å². The van der Waals surface area contributed by atoms with Crippen LogP contribution >= 0.6 is 23.1 Å². The number of aromatic nitrogens is 3. The van der Waals surface area contributed by atoms with E-state index in [9.17, 15) is 9.18 Å². The highest BCUT2D eigenvalue weighted by atomic mass is 32.2. The molecule has 0 spiro atoms. The molecule has 2 heterocycles. The second-order valence-corrected chi connectivity index (χ2v) is 7.89. The maximum Gasteiger partial charge on any atom is 0.233 e. The largest absolute Gasteiger partial charge is 0.351 e. The summed E-state index contributed by atoms with van der Waals surface area (Å²) < 4.78 is 14.9. The van der Waals surface area contributed by atoms with Crippen LogP contribution in [0.5, 0.6) is 0 Å². The van der Waals surface area contributed by atoms with Crippen LogP contribution in [0.25, 0.3) is 10.7 Å². The van der Waals surface area contributed by atoms with Crippen LogP contribution < -0.4 is 5.32 Å².